The van der Waals surface area contributed by atoms with Crippen LogP contribution >= 0.6 is 11.3 Å². The van der Waals surface area contributed by atoms with E-state index in [2.05, 4.69) is 11.9 Å². The number of hydrogen-bond donors (Lipinski definition) is 1. The number of rotatable bonds is 7. The summed E-state index contributed by atoms with van der Waals surface area (Å²) in [5, 5.41) is 2.58. The lowest BCUT2D eigenvalue weighted by Gasteiger charge is -2.07. The first-order chi connectivity index (χ1) is 12.9. The van der Waals surface area contributed by atoms with Crippen LogP contribution in [0.15, 0.2) is 36.9 Å². The molecule has 6 nitrogen and oxygen atoms in total. The molecule has 1 aromatic carbocycles. The van der Waals surface area contributed by atoms with Gasteiger partial charge in [-0.2, -0.15) is 0 Å². The minimum atomic E-state index is -0.745. The van der Waals surface area contributed by atoms with Crippen LogP contribution in [-0.2, 0) is 9.47 Å². The summed E-state index contributed by atoms with van der Waals surface area (Å²) in [6, 6.07) is 5.44. The van der Waals surface area contributed by atoms with Gasteiger partial charge in [0.15, 0.2) is 0 Å². The van der Waals surface area contributed by atoms with Gasteiger partial charge in [-0.25, -0.2) is 14.0 Å². The third-order valence-corrected chi connectivity index (χ3v) is 4.68. The Hall–Kier alpha value is -3.00. The molecule has 0 aliphatic rings. The summed E-state index contributed by atoms with van der Waals surface area (Å²) in [5.74, 6) is -2.80. The highest BCUT2D eigenvalue weighted by Crippen LogP contribution is 2.34. The van der Waals surface area contributed by atoms with Crippen molar-refractivity contribution in [3.8, 4) is 0 Å². The van der Waals surface area contributed by atoms with Crippen LogP contribution in [0.3, 0.4) is 0 Å². The lowest BCUT2D eigenvalue weighted by atomic mass is 10.1. The molecule has 0 spiro atoms. The van der Waals surface area contributed by atoms with Crippen LogP contribution in [0.2, 0.25) is 0 Å². The normalized spacial score (nSPS) is 10.2. The molecule has 1 heterocycles. The number of carbonyl (C=O) groups excluding carboxylic acids is 3. The van der Waals surface area contributed by atoms with Gasteiger partial charge in [-0.3, -0.25) is 4.79 Å². The predicted molar refractivity (Wildman–Crippen MR) is 99.8 cm³/mol. The average molecular weight is 391 g/mol. The molecule has 0 aliphatic heterocycles. The van der Waals surface area contributed by atoms with Crippen molar-refractivity contribution in [2.75, 3.05) is 18.5 Å². The minimum absolute atomic E-state index is 0.00182. The van der Waals surface area contributed by atoms with Crippen LogP contribution in [0.25, 0.3) is 0 Å². The second kappa shape index (κ2) is 9.09. The third-order valence-electron chi connectivity index (χ3n) is 3.49. The van der Waals surface area contributed by atoms with Gasteiger partial charge in [-0.15, -0.1) is 11.3 Å². The van der Waals surface area contributed by atoms with E-state index in [9.17, 15) is 18.8 Å². The average Bonchev–Trinajstić information content (AvgIpc) is 2.96. The number of ether oxygens (including phenoxy) is 2. The molecule has 8 heteroatoms. The van der Waals surface area contributed by atoms with Crippen molar-refractivity contribution >= 4 is 34.2 Å². The standard InChI is InChI=1S/C19H18FNO5S/c1-4-10-26-19(24)15-11(3)14(18(23)25-5-2)17(27-15)21-16(22)12-8-6-7-9-13(12)20/h4,6-9H,1,5,10H2,2-3H3,(H,21,22). The molecule has 1 N–H and O–H groups in total. The van der Waals surface area contributed by atoms with Crippen LogP contribution < -0.4 is 5.32 Å². The first-order valence-electron chi connectivity index (χ1n) is 8.05. The molecular formula is C19H18FNO5S. The van der Waals surface area contributed by atoms with Gasteiger partial charge in [-0.05, 0) is 31.5 Å². The largest absolute Gasteiger partial charge is 0.462 e. The minimum Gasteiger partial charge on any atom is -0.462 e. The highest BCUT2D eigenvalue weighted by atomic mass is 32.1. The molecule has 27 heavy (non-hydrogen) atoms. The fourth-order valence-corrected chi connectivity index (χ4v) is 3.35. The molecule has 1 amide bonds. The zero-order valence-electron chi connectivity index (χ0n) is 14.8. The molecule has 0 bridgehead atoms. The number of anilines is 1. The molecule has 142 valence electrons. The zero-order valence-corrected chi connectivity index (χ0v) is 15.7. The van der Waals surface area contributed by atoms with E-state index in [1.807, 2.05) is 0 Å². The monoisotopic (exact) mass is 391 g/mol. The SMILES string of the molecule is C=CCOC(=O)c1sc(NC(=O)c2ccccc2F)c(C(=O)OCC)c1C. The molecular weight excluding hydrogens is 373 g/mol. The molecule has 2 rings (SSSR count). The molecule has 0 radical (unpaired) electrons. The van der Waals surface area contributed by atoms with Gasteiger partial charge >= 0.3 is 11.9 Å². The number of benzene rings is 1. The fourth-order valence-electron chi connectivity index (χ4n) is 2.26. The van der Waals surface area contributed by atoms with Gasteiger partial charge in [0.1, 0.15) is 22.3 Å². The first-order valence-corrected chi connectivity index (χ1v) is 8.86. The van der Waals surface area contributed by atoms with Crippen molar-refractivity contribution in [2.45, 2.75) is 13.8 Å². The summed E-state index contributed by atoms with van der Waals surface area (Å²) < 4.78 is 23.9. The number of halogens is 1. The molecule has 0 atom stereocenters. The Morgan fingerprint density at radius 1 is 1.22 bits per heavy atom. The maximum absolute atomic E-state index is 13.8. The second-order valence-electron chi connectivity index (χ2n) is 5.30. The van der Waals surface area contributed by atoms with Crippen LogP contribution in [0.4, 0.5) is 9.39 Å². The molecule has 2 aromatic rings. The van der Waals surface area contributed by atoms with Crippen LogP contribution in [-0.4, -0.2) is 31.1 Å². The Kier molecular flexibility index (Phi) is 6.84. The van der Waals surface area contributed by atoms with Crippen molar-refractivity contribution in [1.29, 1.82) is 0 Å². The van der Waals surface area contributed by atoms with E-state index < -0.39 is 23.7 Å². The van der Waals surface area contributed by atoms with E-state index in [1.54, 1.807) is 13.8 Å². The maximum atomic E-state index is 13.8. The molecule has 0 aliphatic carbocycles. The van der Waals surface area contributed by atoms with E-state index in [0.717, 1.165) is 17.4 Å². The van der Waals surface area contributed by atoms with Crippen molar-refractivity contribution in [2.24, 2.45) is 0 Å². The molecule has 0 saturated carbocycles. The summed E-state index contributed by atoms with van der Waals surface area (Å²) >= 11 is 0.864. The van der Waals surface area contributed by atoms with E-state index in [0.29, 0.717) is 5.56 Å². The van der Waals surface area contributed by atoms with Crippen molar-refractivity contribution in [3.05, 3.63) is 64.3 Å². The van der Waals surface area contributed by atoms with Crippen molar-refractivity contribution < 1.29 is 28.2 Å². The zero-order chi connectivity index (χ0) is 20.0. The number of hydrogen-bond acceptors (Lipinski definition) is 6. The Morgan fingerprint density at radius 2 is 1.93 bits per heavy atom. The molecule has 1 aromatic heterocycles. The van der Waals surface area contributed by atoms with Gasteiger partial charge in [0.05, 0.1) is 17.7 Å². The van der Waals surface area contributed by atoms with Crippen molar-refractivity contribution in [3.63, 3.8) is 0 Å². The quantitative estimate of drug-likeness (QED) is 0.571. The van der Waals surface area contributed by atoms with Crippen LogP contribution in [0.1, 0.15) is 42.9 Å². The van der Waals surface area contributed by atoms with Gasteiger partial charge in [0.2, 0.25) is 0 Å². The Bertz CT molecular complexity index is 890. The Morgan fingerprint density at radius 3 is 2.56 bits per heavy atom. The van der Waals surface area contributed by atoms with E-state index in [-0.39, 0.29) is 34.2 Å². The lowest BCUT2D eigenvalue weighted by molar-refractivity contribution is 0.0527. The highest BCUT2D eigenvalue weighted by molar-refractivity contribution is 7.18. The van der Waals surface area contributed by atoms with E-state index in [1.165, 1.54) is 24.3 Å². The second-order valence-corrected chi connectivity index (χ2v) is 6.32. The predicted octanol–water partition coefficient (Wildman–Crippen LogP) is 3.97. The van der Waals surface area contributed by atoms with Gasteiger partial charge in [-0.1, -0.05) is 24.8 Å². The Balaban J connectivity index is 2.42. The number of nitrogens with one attached hydrogen (secondary N) is 1. The van der Waals surface area contributed by atoms with E-state index >= 15 is 0 Å². The molecule has 0 fully saturated rings. The molecule has 0 unspecified atom stereocenters. The van der Waals surface area contributed by atoms with Gasteiger partial charge in [0, 0.05) is 0 Å². The maximum Gasteiger partial charge on any atom is 0.348 e. The Labute approximate surface area is 159 Å². The fraction of sp³-hybridized carbons (Fsp3) is 0.211. The summed E-state index contributed by atoms with van der Waals surface area (Å²) in [5.41, 5.74) is 0.169. The van der Waals surface area contributed by atoms with Gasteiger partial charge < -0.3 is 14.8 Å². The van der Waals surface area contributed by atoms with Crippen LogP contribution in [0, 0.1) is 12.7 Å². The highest BCUT2D eigenvalue weighted by Gasteiger charge is 2.27. The number of thiophene rings is 1. The smallest absolute Gasteiger partial charge is 0.348 e. The van der Waals surface area contributed by atoms with Gasteiger partial charge in [0.25, 0.3) is 5.91 Å². The molecule has 0 saturated heterocycles. The number of esters is 2. The first kappa shape index (κ1) is 20.3. The summed E-state index contributed by atoms with van der Waals surface area (Å²) in [4.78, 5) is 37.1. The summed E-state index contributed by atoms with van der Waals surface area (Å²) in [7, 11) is 0. The summed E-state index contributed by atoms with van der Waals surface area (Å²) in [6.45, 7) is 6.77. The van der Waals surface area contributed by atoms with Crippen LogP contribution in [0.5, 0.6) is 0 Å². The number of amides is 1. The van der Waals surface area contributed by atoms with Crippen molar-refractivity contribution in [1.82, 2.24) is 0 Å². The van der Waals surface area contributed by atoms with E-state index in [4.69, 9.17) is 9.47 Å². The summed E-state index contributed by atoms with van der Waals surface area (Å²) in [6.07, 6.45) is 1.41. The lowest BCUT2D eigenvalue weighted by Crippen LogP contribution is -2.16. The third kappa shape index (κ3) is 4.59. The topological polar surface area (TPSA) is 81.7 Å². The number of carbonyl (C=O) groups is 3.